The molecule has 1 aromatic carbocycles. The summed E-state index contributed by atoms with van der Waals surface area (Å²) in [6, 6.07) is 13.3. The Hall–Kier alpha value is -3.35. The van der Waals surface area contributed by atoms with Gasteiger partial charge < -0.3 is 14.6 Å². The summed E-state index contributed by atoms with van der Waals surface area (Å²) in [5.74, 6) is -1.25. The molecule has 3 aromatic rings. The summed E-state index contributed by atoms with van der Waals surface area (Å²) in [4.78, 5) is 26.6. The second-order valence-electron chi connectivity index (χ2n) is 6.77. The zero-order valence-electron chi connectivity index (χ0n) is 14.9. The Morgan fingerprint density at radius 2 is 1.78 bits per heavy atom. The number of likely N-dealkylation sites (tertiary alicyclic amines) is 1. The molecule has 7 nitrogen and oxygen atoms in total. The summed E-state index contributed by atoms with van der Waals surface area (Å²) in [6.07, 6.45) is 5.25. The molecule has 1 fully saturated rings. The Balaban J connectivity index is 1.65. The van der Waals surface area contributed by atoms with Gasteiger partial charge in [-0.2, -0.15) is 5.10 Å². The van der Waals surface area contributed by atoms with Crippen LogP contribution in [0.15, 0.2) is 61.1 Å². The first-order chi connectivity index (χ1) is 13.1. The Bertz CT molecular complexity index is 963. The predicted molar refractivity (Wildman–Crippen MR) is 98.7 cm³/mol. The highest BCUT2D eigenvalue weighted by Gasteiger charge is 2.41. The Labute approximate surface area is 156 Å². The van der Waals surface area contributed by atoms with Crippen molar-refractivity contribution in [1.29, 1.82) is 0 Å². The van der Waals surface area contributed by atoms with Gasteiger partial charge in [-0.25, -0.2) is 0 Å². The molecule has 7 heteroatoms. The Morgan fingerprint density at radius 1 is 1.07 bits per heavy atom. The van der Waals surface area contributed by atoms with E-state index >= 15 is 0 Å². The average molecular weight is 364 g/mol. The van der Waals surface area contributed by atoms with E-state index in [-0.39, 0.29) is 18.4 Å². The van der Waals surface area contributed by atoms with Crippen molar-refractivity contribution in [1.82, 2.24) is 19.2 Å². The van der Waals surface area contributed by atoms with Crippen molar-refractivity contribution in [2.75, 3.05) is 13.1 Å². The fraction of sp³-hybridized carbons (Fsp3) is 0.250. The minimum Gasteiger partial charge on any atom is -0.481 e. The van der Waals surface area contributed by atoms with Gasteiger partial charge in [-0.1, -0.05) is 30.3 Å². The van der Waals surface area contributed by atoms with E-state index in [4.69, 9.17) is 0 Å². The van der Waals surface area contributed by atoms with Crippen LogP contribution in [0.25, 0.3) is 5.82 Å². The van der Waals surface area contributed by atoms with Gasteiger partial charge in [-0.3, -0.25) is 14.3 Å². The molecule has 27 heavy (non-hydrogen) atoms. The van der Waals surface area contributed by atoms with Crippen LogP contribution in [0.1, 0.15) is 21.8 Å². The molecule has 1 N–H and O–H groups in total. The highest BCUT2D eigenvalue weighted by atomic mass is 16.4. The molecule has 0 bridgehead atoms. The molecule has 1 aliphatic rings. The van der Waals surface area contributed by atoms with Crippen LogP contribution in [0.2, 0.25) is 0 Å². The van der Waals surface area contributed by atoms with Gasteiger partial charge in [-0.05, 0) is 17.7 Å². The third kappa shape index (κ3) is 3.01. The number of carbonyl (C=O) groups excluding carboxylic acids is 1. The number of aliphatic carboxylic acids is 1. The third-order valence-corrected chi connectivity index (χ3v) is 5.14. The van der Waals surface area contributed by atoms with Gasteiger partial charge in [0, 0.05) is 38.4 Å². The molecule has 4 rings (SSSR count). The highest BCUT2D eigenvalue weighted by Crippen LogP contribution is 2.34. The van der Waals surface area contributed by atoms with E-state index in [1.54, 1.807) is 22.8 Å². The predicted octanol–water partition coefficient (Wildman–Crippen LogP) is 2.15. The lowest BCUT2D eigenvalue weighted by Gasteiger charge is -2.17. The van der Waals surface area contributed by atoms with E-state index in [0.29, 0.717) is 17.9 Å². The van der Waals surface area contributed by atoms with E-state index in [9.17, 15) is 14.7 Å². The first-order valence-electron chi connectivity index (χ1n) is 8.78. The van der Waals surface area contributed by atoms with Crippen LogP contribution in [-0.2, 0) is 11.8 Å². The van der Waals surface area contributed by atoms with Gasteiger partial charge in [0.1, 0.15) is 11.4 Å². The summed E-state index contributed by atoms with van der Waals surface area (Å²) in [5.41, 5.74) is 1.41. The first kappa shape index (κ1) is 17.1. The van der Waals surface area contributed by atoms with Crippen molar-refractivity contribution in [2.24, 2.45) is 13.0 Å². The summed E-state index contributed by atoms with van der Waals surface area (Å²) in [6.45, 7) is 0.563. The number of carbonyl (C=O) groups is 2. The van der Waals surface area contributed by atoms with E-state index in [1.165, 1.54) is 0 Å². The van der Waals surface area contributed by atoms with Crippen molar-refractivity contribution in [2.45, 2.75) is 5.92 Å². The van der Waals surface area contributed by atoms with Crippen molar-refractivity contribution in [3.8, 4) is 5.82 Å². The zero-order valence-corrected chi connectivity index (χ0v) is 14.9. The van der Waals surface area contributed by atoms with Crippen molar-refractivity contribution >= 4 is 11.9 Å². The fourth-order valence-corrected chi connectivity index (χ4v) is 3.79. The van der Waals surface area contributed by atoms with Gasteiger partial charge >= 0.3 is 5.97 Å². The van der Waals surface area contributed by atoms with Gasteiger partial charge in [0.05, 0.1) is 12.1 Å². The summed E-state index contributed by atoms with van der Waals surface area (Å²) >= 11 is 0. The molecule has 2 atom stereocenters. The molecule has 1 amide bonds. The van der Waals surface area contributed by atoms with Crippen LogP contribution >= 0.6 is 0 Å². The minimum absolute atomic E-state index is 0.188. The van der Waals surface area contributed by atoms with Crippen LogP contribution < -0.4 is 0 Å². The van der Waals surface area contributed by atoms with E-state index in [0.717, 1.165) is 5.56 Å². The maximum Gasteiger partial charge on any atom is 0.308 e. The number of hydrogen-bond donors (Lipinski definition) is 1. The molecule has 0 spiro atoms. The van der Waals surface area contributed by atoms with Gasteiger partial charge in [0.25, 0.3) is 5.91 Å². The molecular formula is C20H20N4O3. The molecule has 0 saturated carbocycles. The fourth-order valence-electron chi connectivity index (χ4n) is 3.79. The second kappa shape index (κ2) is 6.75. The number of nitrogens with zero attached hydrogens (tertiary/aromatic N) is 4. The van der Waals surface area contributed by atoms with E-state index in [1.807, 2.05) is 59.4 Å². The molecular weight excluding hydrogens is 344 g/mol. The normalized spacial score (nSPS) is 19.4. The summed E-state index contributed by atoms with van der Waals surface area (Å²) < 4.78 is 3.48. The molecule has 2 unspecified atom stereocenters. The molecule has 1 saturated heterocycles. The Morgan fingerprint density at radius 3 is 2.44 bits per heavy atom. The van der Waals surface area contributed by atoms with Crippen molar-refractivity contribution in [3.63, 3.8) is 0 Å². The largest absolute Gasteiger partial charge is 0.481 e. The summed E-state index contributed by atoms with van der Waals surface area (Å²) in [7, 11) is 1.78. The lowest BCUT2D eigenvalue weighted by atomic mass is 9.89. The lowest BCUT2D eigenvalue weighted by Crippen LogP contribution is -2.30. The van der Waals surface area contributed by atoms with Crippen LogP contribution in [-0.4, -0.2) is 49.3 Å². The van der Waals surface area contributed by atoms with Gasteiger partial charge in [0.15, 0.2) is 0 Å². The highest BCUT2D eigenvalue weighted by molar-refractivity contribution is 5.97. The number of rotatable bonds is 4. The number of benzene rings is 1. The average Bonchev–Trinajstić information content (AvgIpc) is 3.41. The molecule has 0 radical (unpaired) electrons. The molecule has 3 heterocycles. The molecule has 1 aliphatic heterocycles. The van der Waals surface area contributed by atoms with Crippen molar-refractivity contribution < 1.29 is 14.7 Å². The topological polar surface area (TPSA) is 80.4 Å². The number of hydrogen-bond acceptors (Lipinski definition) is 3. The molecule has 2 aromatic heterocycles. The minimum atomic E-state index is -0.879. The number of amides is 1. The smallest absolute Gasteiger partial charge is 0.308 e. The molecule has 138 valence electrons. The van der Waals surface area contributed by atoms with Crippen LogP contribution in [0.4, 0.5) is 0 Å². The van der Waals surface area contributed by atoms with Crippen LogP contribution in [0.5, 0.6) is 0 Å². The zero-order chi connectivity index (χ0) is 19.0. The Kier molecular flexibility index (Phi) is 4.27. The monoisotopic (exact) mass is 364 g/mol. The third-order valence-electron chi connectivity index (χ3n) is 5.14. The van der Waals surface area contributed by atoms with Gasteiger partial charge in [0.2, 0.25) is 0 Å². The standard InChI is InChI=1S/C20H20N4O3/c1-22-18(23-9-5-6-10-23)15(11-21-22)19(25)24-12-16(17(13-24)20(26)27)14-7-3-2-4-8-14/h2-11,16-17H,12-13H2,1H3,(H,26,27). The lowest BCUT2D eigenvalue weighted by molar-refractivity contribution is -0.141. The maximum absolute atomic E-state index is 13.2. The molecule has 0 aliphatic carbocycles. The quantitative estimate of drug-likeness (QED) is 0.769. The SMILES string of the molecule is Cn1ncc(C(=O)N2CC(C(=O)O)C(c3ccccc3)C2)c1-n1cccc1. The van der Waals surface area contributed by atoms with E-state index in [2.05, 4.69) is 5.10 Å². The second-order valence-corrected chi connectivity index (χ2v) is 6.77. The summed E-state index contributed by atoms with van der Waals surface area (Å²) in [5, 5.41) is 13.9. The first-order valence-corrected chi connectivity index (χ1v) is 8.78. The number of carboxylic acid groups (broad SMARTS) is 1. The van der Waals surface area contributed by atoms with Gasteiger partial charge in [-0.15, -0.1) is 0 Å². The van der Waals surface area contributed by atoms with Crippen molar-refractivity contribution in [3.05, 3.63) is 72.2 Å². The number of aryl methyl sites for hydroxylation is 1. The maximum atomic E-state index is 13.2. The van der Waals surface area contributed by atoms with E-state index < -0.39 is 11.9 Å². The number of aromatic nitrogens is 3. The van der Waals surface area contributed by atoms with Crippen LogP contribution in [0.3, 0.4) is 0 Å². The van der Waals surface area contributed by atoms with Crippen LogP contribution in [0, 0.1) is 5.92 Å². The number of carboxylic acids is 1.